The number of nitrogens with zero attached hydrogens (tertiary/aromatic N) is 3. The highest BCUT2D eigenvalue weighted by atomic mass is 79.9. The molecule has 2 heterocycles. The molecule has 0 fully saturated rings. The Morgan fingerprint density at radius 1 is 1.31 bits per heavy atom. The average molecular weight is 570 g/mol. The fraction of sp³-hybridized carbons (Fsp3) is 0.286. The van der Waals surface area contributed by atoms with Crippen LogP contribution >= 0.6 is 27.5 Å². The van der Waals surface area contributed by atoms with Crippen LogP contribution in [0.4, 0.5) is 5.69 Å². The Morgan fingerprint density at radius 3 is 2.69 bits per heavy atom. The molecule has 0 saturated heterocycles. The quantitative estimate of drug-likeness (QED) is 0.281. The Kier molecular flexibility index (Phi) is 8.62. The van der Waals surface area contributed by atoms with Gasteiger partial charge in [-0.25, -0.2) is 0 Å². The first-order valence-electron chi connectivity index (χ1n) is 10.2. The van der Waals surface area contributed by atoms with Crippen LogP contribution in [0.25, 0.3) is 0 Å². The number of phenolic OH excluding ortho intramolecular Hbond substituents is 1. The van der Waals surface area contributed by atoms with Crippen LogP contribution in [0.2, 0.25) is 5.02 Å². The number of carbonyl (C=O) groups excluding carboxylic acids is 2. The number of aliphatic imine (C=N–C) groups is 1. The monoisotopic (exact) mass is 568 g/mol. The van der Waals surface area contributed by atoms with Gasteiger partial charge >= 0.3 is 5.97 Å². The summed E-state index contributed by atoms with van der Waals surface area (Å²) in [6, 6.07) is 2.63. The van der Waals surface area contributed by atoms with Gasteiger partial charge in [0.1, 0.15) is 5.75 Å². The molecule has 1 unspecified atom stereocenters. The Hall–Kier alpha value is -3.26. The minimum atomic E-state index is -1.42. The minimum absolute atomic E-state index is 0.0517. The number of hydrogen-bond donors (Lipinski definition) is 6. The van der Waals surface area contributed by atoms with Gasteiger partial charge in [0, 0.05) is 23.3 Å². The summed E-state index contributed by atoms with van der Waals surface area (Å²) in [5, 5.41) is 35.6. The van der Waals surface area contributed by atoms with Crippen LogP contribution in [0.1, 0.15) is 28.4 Å². The number of rotatable bonds is 7. The number of nitrogens with two attached hydrogens (primary N) is 1. The van der Waals surface area contributed by atoms with Crippen molar-refractivity contribution in [2.45, 2.75) is 18.6 Å². The number of hydrogen-bond acceptors (Lipinski definition) is 10. The summed E-state index contributed by atoms with van der Waals surface area (Å²) in [5.74, 6) is -3.10. The molecule has 12 nitrogen and oxygen atoms in total. The van der Waals surface area contributed by atoms with Gasteiger partial charge in [-0.15, -0.1) is 0 Å². The van der Waals surface area contributed by atoms with Crippen LogP contribution in [-0.4, -0.2) is 74.7 Å². The summed E-state index contributed by atoms with van der Waals surface area (Å²) in [6.07, 6.45) is 1.29. The Bertz CT molecular complexity index is 1180. The predicted molar refractivity (Wildman–Crippen MR) is 130 cm³/mol. The second-order valence-corrected chi connectivity index (χ2v) is 8.81. The van der Waals surface area contributed by atoms with Crippen molar-refractivity contribution in [2.24, 2.45) is 10.7 Å². The second kappa shape index (κ2) is 11.4. The molecule has 2 atom stereocenters. The summed E-state index contributed by atoms with van der Waals surface area (Å²) < 4.78 is 0.154. The van der Waals surface area contributed by atoms with E-state index in [1.54, 1.807) is 0 Å². The van der Waals surface area contributed by atoms with E-state index in [0.29, 0.717) is 16.5 Å². The lowest BCUT2D eigenvalue weighted by Gasteiger charge is -2.30. The van der Waals surface area contributed by atoms with E-state index in [9.17, 15) is 29.7 Å². The second-order valence-electron chi connectivity index (χ2n) is 7.52. The van der Waals surface area contributed by atoms with Crippen molar-refractivity contribution >= 4 is 57.0 Å². The number of carboxylic acids is 1. The zero-order valence-electron chi connectivity index (χ0n) is 18.1. The number of nitrogens with one attached hydrogen (secondary N) is 2. The fourth-order valence-electron chi connectivity index (χ4n) is 3.39. The number of amides is 2. The number of phenols is 1. The number of carbonyl (C=O) groups is 3. The molecule has 1 aliphatic rings. The van der Waals surface area contributed by atoms with Crippen molar-refractivity contribution in [1.82, 2.24) is 15.2 Å². The molecule has 0 radical (unpaired) electrons. The van der Waals surface area contributed by atoms with Gasteiger partial charge in [0.2, 0.25) is 5.91 Å². The maximum atomic E-state index is 13.5. The van der Waals surface area contributed by atoms with Gasteiger partial charge < -0.3 is 31.7 Å². The number of pyridine rings is 1. The Morgan fingerprint density at radius 2 is 2.06 bits per heavy atom. The molecular formula is C21H22BrClN6O6. The highest BCUT2D eigenvalue weighted by Crippen LogP contribution is 2.39. The number of β-amino-alcohol motifs (C(OH)–C–C–N with tert-alkyl or cyclic N) is 1. The van der Waals surface area contributed by atoms with Crippen molar-refractivity contribution in [3.63, 3.8) is 0 Å². The van der Waals surface area contributed by atoms with E-state index in [1.165, 1.54) is 30.6 Å². The van der Waals surface area contributed by atoms with Gasteiger partial charge in [-0.3, -0.25) is 29.3 Å². The van der Waals surface area contributed by atoms with Crippen molar-refractivity contribution in [2.75, 3.05) is 25.0 Å². The van der Waals surface area contributed by atoms with E-state index in [2.05, 4.69) is 36.5 Å². The first kappa shape index (κ1) is 26.3. The van der Waals surface area contributed by atoms with E-state index in [4.69, 9.17) is 17.3 Å². The third kappa shape index (κ3) is 6.45. The highest BCUT2D eigenvalue weighted by Gasteiger charge is 2.35. The van der Waals surface area contributed by atoms with Gasteiger partial charge in [0.05, 0.1) is 53.6 Å². The first-order chi connectivity index (χ1) is 16.6. The standard InChI is InChI=1S/C21H22BrClN6O6/c22-15-3-11(23)2-14(19(15)34)16(4-18(32)33)29(17(31)5-24)20(35)10-1-12(7-25-6-10)28-21-26-8-13(30)9-27-21/h1-3,6-7,13,16,30,34H,4-5,8-9,24H2,(H,32,33)(H2,26,27,28)/t16-/m1/s1. The van der Waals surface area contributed by atoms with Crippen LogP contribution in [0.5, 0.6) is 5.75 Å². The van der Waals surface area contributed by atoms with Crippen LogP contribution < -0.4 is 16.4 Å². The van der Waals surface area contributed by atoms with Crippen molar-refractivity contribution in [3.05, 3.63) is 51.2 Å². The maximum Gasteiger partial charge on any atom is 0.305 e. The number of imide groups is 1. The van der Waals surface area contributed by atoms with E-state index < -0.39 is 42.9 Å². The SMILES string of the molecule is NCC(=O)N(C(=O)c1cncc(NC2=NCC(O)CN2)c1)[C@H](CC(=O)O)c1cc(Cl)cc(Br)c1O. The summed E-state index contributed by atoms with van der Waals surface area (Å²) in [5.41, 5.74) is 5.78. The molecule has 14 heteroatoms. The summed E-state index contributed by atoms with van der Waals surface area (Å²) in [4.78, 5) is 46.8. The van der Waals surface area contributed by atoms with Crippen molar-refractivity contribution in [3.8, 4) is 5.75 Å². The molecule has 7 N–H and O–H groups in total. The Labute approximate surface area is 212 Å². The zero-order valence-corrected chi connectivity index (χ0v) is 20.5. The van der Waals surface area contributed by atoms with Crippen molar-refractivity contribution in [1.29, 1.82) is 0 Å². The number of aromatic nitrogens is 1. The van der Waals surface area contributed by atoms with Crippen LogP contribution in [0.3, 0.4) is 0 Å². The van der Waals surface area contributed by atoms with Crippen LogP contribution in [0, 0.1) is 0 Å². The molecule has 0 spiro atoms. The summed E-state index contributed by atoms with van der Waals surface area (Å²) in [7, 11) is 0. The summed E-state index contributed by atoms with van der Waals surface area (Å²) >= 11 is 9.22. The number of aliphatic carboxylic acids is 1. The lowest BCUT2D eigenvalue weighted by atomic mass is 9.99. The molecule has 3 rings (SSSR count). The smallest absolute Gasteiger partial charge is 0.305 e. The number of aliphatic hydroxyl groups excluding tert-OH is 1. The lowest BCUT2D eigenvalue weighted by Crippen LogP contribution is -2.44. The van der Waals surface area contributed by atoms with Gasteiger partial charge in [-0.05, 0) is 34.1 Å². The molecule has 1 aliphatic heterocycles. The average Bonchev–Trinajstić information content (AvgIpc) is 2.82. The van der Waals surface area contributed by atoms with Crippen LogP contribution in [0.15, 0.2) is 40.1 Å². The number of carboxylic acid groups (broad SMARTS) is 1. The third-order valence-electron chi connectivity index (χ3n) is 4.97. The predicted octanol–water partition coefficient (Wildman–Crippen LogP) is 1.08. The van der Waals surface area contributed by atoms with Crippen molar-refractivity contribution < 1.29 is 29.7 Å². The molecule has 2 amide bonds. The lowest BCUT2D eigenvalue weighted by molar-refractivity contribution is -0.139. The van der Waals surface area contributed by atoms with Gasteiger partial charge in [-0.1, -0.05) is 11.6 Å². The molecule has 1 aromatic carbocycles. The first-order valence-corrected chi connectivity index (χ1v) is 11.4. The zero-order chi connectivity index (χ0) is 25.7. The number of benzene rings is 1. The van der Waals surface area contributed by atoms with E-state index >= 15 is 0 Å². The number of anilines is 1. The van der Waals surface area contributed by atoms with Gasteiger partial charge in [0.25, 0.3) is 5.91 Å². The molecule has 0 bridgehead atoms. The largest absolute Gasteiger partial charge is 0.506 e. The number of aliphatic hydroxyl groups is 1. The number of halogens is 2. The van der Waals surface area contributed by atoms with E-state index in [1.807, 2.05) is 0 Å². The molecule has 0 aliphatic carbocycles. The highest BCUT2D eigenvalue weighted by molar-refractivity contribution is 9.10. The molecule has 186 valence electrons. The topological polar surface area (TPSA) is 190 Å². The van der Waals surface area contributed by atoms with E-state index in [-0.39, 0.29) is 39.5 Å². The Balaban J connectivity index is 2.01. The molecular weight excluding hydrogens is 548 g/mol. The van der Waals surface area contributed by atoms with Gasteiger partial charge in [0.15, 0.2) is 5.96 Å². The molecule has 2 aromatic rings. The van der Waals surface area contributed by atoms with Crippen LogP contribution in [-0.2, 0) is 9.59 Å². The fourth-order valence-corrected chi connectivity index (χ4v) is 4.22. The molecule has 1 aromatic heterocycles. The normalized spacial score (nSPS) is 16.0. The minimum Gasteiger partial charge on any atom is -0.506 e. The van der Waals surface area contributed by atoms with E-state index in [0.717, 1.165) is 0 Å². The number of aromatic hydroxyl groups is 1. The maximum absolute atomic E-state index is 13.5. The van der Waals surface area contributed by atoms with Gasteiger partial charge in [-0.2, -0.15) is 0 Å². The summed E-state index contributed by atoms with van der Waals surface area (Å²) in [6.45, 7) is -0.124. The third-order valence-corrected chi connectivity index (χ3v) is 5.79. The number of guanidine groups is 1. The molecule has 0 saturated carbocycles. The molecule has 35 heavy (non-hydrogen) atoms.